The highest BCUT2D eigenvalue weighted by Gasteiger charge is 2.22. The minimum Gasteiger partial charge on any atom is -0.550 e. The lowest BCUT2D eigenvalue weighted by Crippen LogP contribution is -2.45. The quantitative estimate of drug-likeness (QED) is 0.155. The highest BCUT2D eigenvalue weighted by Crippen LogP contribution is 2.14. The van der Waals surface area contributed by atoms with E-state index >= 15 is 0 Å². The Balaban J connectivity index is 3.53. The lowest BCUT2D eigenvalue weighted by atomic mass is 10.0. The van der Waals surface area contributed by atoms with Crippen LogP contribution in [-0.4, -0.2) is 61.9 Å². The van der Waals surface area contributed by atoms with Crippen molar-refractivity contribution >= 4 is 11.9 Å². The number of carbonyl (C=O) groups is 2. The number of aliphatic hydroxyl groups excluding tert-OH is 1. The van der Waals surface area contributed by atoms with Gasteiger partial charge in [-0.05, 0) is 12.8 Å². The zero-order valence-electron chi connectivity index (χ0n) is 20.5. The Bertz CT molecular complexity index is 448. The molecule has 0 amide bonds. The van der Waals surface area contributed by atoms with Crippen molar-refractivity contribution in [1.82, 2.24) is 0 Å². The van der Waals surface area contributed by atoms with Crippen molar-refractivity contribution in [3.05, 3.63) is 0 Å². The fourth-order valence-corrected chi connectivity index (χ4v) is 3.86. The number of quaternary nitrogens is 1. The van der Waals surface area contributed by atoms with Gasteiger partial charge >= 0.3 is 5.97 Å². The van der Waals surface area contributed by atoms with Crippen LogP contribution in [0.4, 0.5) is 0 Å². The Morgan fingerprint density at radius 3 is 1.48 bits per heavy atom. The van der Waals surface area contributed by atoms with E-state index in [1.165, 1.54) is 64.2 Å². The van der Waals surface area contributed by atoms with Crippen LogP contribution in [0, 0.1) is 0 Å². The zero-order valence-corrected chi connectivity index (χ0v) is 20.5. The monoisotopic (exact) mass is 443 g/mol. The summed E-state index contributed by atoms with van der Waals surface area (Å²) in [5.74, 6) is -1.48. The maximum atomic E-state index is 12.0. The Kier molecular flexibility index (Phi) is 18.8. The van der Waals surface area contributed by atoms with E-state index in [0.29, 0.717) is 24.1 Å². The molecule has 6 heteroatoms. The Labute approximate surface area is 190 Å². The molecule has 0 spiro atoms. The molecule has 0 aliphatic heterocycles. The number of carboxylic acids is 1. The molecular weight excluding hydrogens is 394 g/mol. The molecule has 0 aromatic rings. The third-order valence-corrected chi connectivity index (χ3v) is 5.48. The van der Waals surface area contributed by atoms with E-state index in [1.807, 2.05) is 21.1 Å². The first-order chi connectivity index (χ1) is 14.7. The van der Waals surface area contributed by atoms with Crippen molar-refractivity contribution in [2.75, 3.05) is 34.3 Å². The Hall–Kier alpha value is -1.14. The molecule has 0 aromatic heterocycles. The summed E-state index contributed by atoms with van der Waals surface area (Å²) in [6, 6.07) is 0. The second-order valence-corrected chi connectivity index (χ2v) is 9.94. The highest BCUT2D eigenvalue weighted by atomic mass is 16.5. The van der Waals surface area contributed by atoms with Crippen LogP contribution in [0.1, 0.15) is 109 Å². The van der Waals surface area contributed by atoms with E-state index in [1.54, 1.807) is 0 Å². The van der Waals surface area contributed by atoms with E-state index in [4.69, 9.17) is 9.84 Å². The Morgan fingerprint density at radius 2 is 1.13 bits per heavy atom. The summed E-state index contributed by atoms with van der Waals surface area (Å²) in [5, 5.41) is 19.6. The number of ether oxygens (including phenoxy) is 1. The number of hydrogen-bond acceptors (Lipinski definition) is 5. The summed E-state index contributed by atoms with van der Waals surface area (Å²) in [5.41, 5.74) is 0. The summed E-state index contributed by atoms with van der Waals surface area (Å²) < 4.78 is 5.91. The van der Waals surface area contributed by atoms with Crippen molar-refractivity contribution < 1.29 is 29.0 Å². The largest absolute Gasteiger partial charge is 0.550 e. The average Bonchev–Trinajstić information content (AvgIpc) is 2.65. The topological polar surface area (TPSA) is 86.7 Å². The van der Waals surface area contributed by atoms with Crippen molar-refractivity contribution in [1.29, 1.82) is 0 Å². The van der Waals surface area contributed by atoms with Gasteiger partial charge in [0.2, 0.25) is 0 Å². The van der Waals surface area contributed by atoms with E-state index in [0.717, 1.165) is 32.1 Å². The van der Waals surface area contributed by atoms with Crippen LogP contribution < -0.4 is 5.11 Å². The maximum Gasteiger partial charge on any atom is 0.306 e. The smallest absolute Gasteiger partial charge is 0.306 e. The number of aliphatic carboxylic acids is 1. The highest BCUT2D eigenvalue weighted by molar-refractivity contribution is 5.70. The molecule has 0 heterocycles. The summed E-state index contributed by atoms with van der Waals surface area (Å²) in [4.78, 5) is 22.9. The average molecular weight is 444 g/mol. The van der Waals surface area contributed by atoms with Gasteiger partial charge in [-0.3, -0.25) is 4.79 Å². The lowest BCUT2D eigenvalue weighted by molar-refractivity contribution is -0.873. The number of rotatable bonds is 22. The van der Waals surface area contributed by atoms with Gasteiger partial charge in [0, 0.05) is 25.4 Å². The van der Waals surface area contributed by atoms with Gasteiger partial charge in [-0.2, -0.15) is 0 Å². The zero-order chi connectivity index (χ0) is 23.4. The van der Waals surface area contributed by atoms with Gasteiger partial charge in [0.05, 0.1) is 21.1 Å². The van der Waals surface area contributed by atoms with Crippen molar-refractivity contribution in [3.63, 3.8) is 0 Å². The molecule has 6 nitrogen and oxygen atoms in total. The first-order valence-electron chi connectivity index (χ1n) is 12.5. The molecule has 1 atom stereocenters. The van der Waals surface area contributed by atoms with E-state index in [9.17, 15) is 14.7 Å². The Morgan fingerprint density at radius 1 is 0.742 bits per heavy atom. The summed E-state index contributed by atoms with van der Waals surface area (Å²) in [6.45, 7) is 0.793. The minimum absolute atomic E-state index is 0.244. The first kappa shape index (κ1) is 29.9. The fourth-order valence-electron chi connectivity index (χ4n) is 3.86. The number of hydrogen-bond donors (Lipinski definition) is 1. The van der Waals surface area contributed by atoms with Crippen molar-refractivity contribution in [2.45, 2.75) is 115 Å². The number of likely N-dealkylation sites (N-methyl/N-ethyl adjacent to an activating group) is 1. The molecule has 0 bridgehead atoms. The SMILES string of the molecule is C[N+](C)(C)CC(CC(=O)[O-])OC(=O)CCCCCCCCCCCCCCCCCO. The molecular formula is C25H49NO5. The molecule has 1 N–H and O–H groups in total. The number of carboxylic acid groups (broad SMARTS) is 1. The normalized spacial score (nSPS) is 12.6. The molecule has 0 fully saturated rings. The second-order valence-electron chi connectivity index (χ2n) is 9.94. The number of aliphatic hydroxyl groups is 1. The van der Waals surface area contributed by atoms with E-state index < -0.39 is 12.1 Å². The van der Waals surface area contributed by atoms with Crippen LogP contribution >= 0.6 is 0 Å². The molecule has 184 valence electrons. The third-order valence-electron chi connectivity index (χ3n) is 5.48. The van der Waals surface area contributed by atoms with Gasteiger partial charge in [0.1, 0.15) is 6.54 Å². The minimum atomic E-state index is -1.18. The predicted octanol–water partition coefficient (Wildman–Crippen LogP) is 3.98. The molecule has 0 rings (SSSR count). The molecule has 0 aliphatic carbocycles. The first-order valence-corrected chi connectivity index (χ1v) is 12.5. The van der Waals surface area contributed by atoms with Crippen LogP contribution in [0.25, 0.3) is 0 Å². The van der Waals surface area contributed by atoms with E-state index in [2.05, 4.69) is 0 Å². The number of carbonyl (C=O) groups excluding carboxylic acids is 2. The van der Waals surface area contributed by atoms with E-state index in [-0.39, 0.29) is 12.4 Å². The standard InChI is InChI=1S/C25H49NO5/c1-26(2,3)22-23(21-24(28)29)31-25(30)19-17-15-13-11-9-7-5-4-6-8-10-12-14-16-18-20-27/h23,27H,4-22H2,1-3H3. The summed E-state index contributed by atoms with van der Waals surface area (Å²) in [7, 11) is 5.83. The molecule has 0 saturated carbocycles. The number of nitrogens with zero attached hydrogens (tertiary/aromatic N) is 1. The lowest BCUT2D eigenvalue weighted by Gasteiger charge is -2.29. The number of unbranched alkanes of at least 4 members (excludes halogenated alkanes) is 14. The molecule has 1 unspecified atom stereocenters. The number of esters is 1. The molecule has 0 saturated heterocycles. The summed E-state index contributed by atoms with van der Waals surface area (Å²) in [6.07, 6.45) is 17.6. The molecule has 0 aliphatic rings. The van der Waals surface area contributed by atoms with Crippen LogP contribution in [0.5, 0.6) is 0 Å². The fraction of sp³-hybridized carbons (Fsp3) is 0.920. The van der Waals surface area contributed by atoms with Gasteiger partial charge in [0.25, 0.3) is 0 Å². The maximum absolute atomic E-state index is 12.0. The van der Waals surface area contributed by atoms with Crippen LogP contribution in [0.2, 0.25) is 0 Å². The van der Waals surface area contributed by atoms with Gasteiger partial charge < -0.3 is 24.2 Å². The van der Waals surface area contributed by atoms with Crippen LogP contribution in [0.15, 0.2) is 0 Å². The van der Waals surface area contributed by atoms with Crippen LogP contribution in [0.3, 0.4) is 0 Å². The molecule has 0 radical (unpaired) electrons. The second kappa shape index (κ2) is 19.5. The molecule has 0 aromatic carbocycles. The van der Waals surface area contributed by atoms with Gasteiger partial charge in [-0.25, -0.2) is 0 Å². The van der Waals surface area contributed by atoms with Crippen molar-refractivity contribution in [3.8, 4) is 0 Å². The summed E-state index contributed by atoms with van der Waals surface area (Å²) >= 11 is 0. The van der Waals surface area contributed by atoms with Gasteiger partial charge in [-0.15, -0.1) is 0 Å². The van der Waals surface area contributed by atoms with Gasteiger partial charge in [0.15, 0.2) is 6.10 Å². The van der Waals surface area contributed by atoms with Crippen LogP contribution in [-0.2, 0) is 14.3 Å². The molecule has 31 heavy (non-hydrogen) atoms. The third kappa shape index (κ3) is 23.4. The van der Waals surface area contributed by atoms with Gasteiger partial charge in [-0.1, -0.05) is 83.5 Å². The predicted molar refractivity (Wildman–Crippen MR) is 123 cm³/mol. The van der Waals surface area contributed by atoms with Crippen molar-refractivity contribution in [2.24, 2.45) is 0 Å².